The van der Waals surface area contributed by atoms with E-state index in [1.165, 1.54) is 6.92 Å². The SMILES string of the molecule is CCOC(=O)CC1CCC(CN(CC)c2cc(C)c(C(F)(F)F)cc2CO)CC1. The summed E-state index contributed by atoms with van der Waals surface area (Å²) in [6, 6.07) is 2.62. The van der Waals surface area contributed by atoms with E-state index < -0.39 is 18.3 Å². The summed E-state index contributed by atoms with van der Waals surface area (Å²) in [6.07, 6.45) is -0.0884. The summed E-state index contributed by atoms with van der Waals surface area (Å²) in [4.78, 5) is 13.7. The standard InChI is InChI=1S/C22H32F3NO3/c1-4-26(13-17-8-6-16(7-9-17)11-21(28)29-5-2)20-10-15(3)19(22(23,24)25)12-18(20)14-27/h10,12,16-17,27H,4-9,11,13-14H2,1-3H3. The summed E-state index contributed by atoms with van der Waals surface area (Å²) in [6.45, 7) is 6.60. The molecule has 0 bridgehead atoms. The number of hydrogen-bond donors (Lipinski definition) is 1. The van der Waals surface area contributed by atoms with Crippen LogP contribution in [0.15, 0.2) is 12.1 Å². The minimum absolute atomic E-state index is 0.140. The molecule has 0 aromatic heterocycles. The van der Waals surface area contributed by atoms with Gasteiger partial charge >= 0.3 is 12.1 Å². The first-order valence-electron chi connectivity index (χ1n) is 10.4. The fourth-order valence-electron chi connectivity index (χ4n) is 4.25. The van der Waals surface area contributed by atoms with Crippen molar-refractivity contribution in [3.8, 4) is 0 Å². The van der Waals surface area contributed by atoms with Crippen LogP contribution in [0, 0.1) is 18.8 Å². The second-order valence-electron chi connectivity index (χ2n) is 7.89. The quantitative estimate of drug-likeness (QED) is 0.601. The second kappa shape index (κ2) is 10.3. The Labute approximate surface area is 171 Å². The molecule has 0 atom stereocenters. The highest BCUT2D eigenvalue weighted by atomic mass is 19.4. The van der Waals surface area contributed by atoms with Crippen LogP contribution in [0.3, 0.4) is 0 Å². The molecular formula is C22H32F3NO3. The van der Waals surface area contributed by atoms with Crippen molar-refractivity contribution in [2.24, 2.45) is 11.8 Å². The van der Waals surface area contributed by atoms with Crippen LogP contribution in [0.1, 0.15) is 62.6 Å². The van der Waals surface area contributed by atoms with E-state index >= 15 is 0 Å². The van der Waals surface area contributed by atoms with Crippen LogP contribution in [0.5, 0.6) is 0 Å². The van der Waals surface area contributed by atoms with Gasteiger partial charge in [-0.05, 0) is 76.0 Å². The molecule has 0 amide bonds. The Balaban J connectivity index is 2.06. The Morgan fingerprint density at radius 1 is 1.17 bits per heavy atom. The summed E-state index contributed by atoms with van der Waals surface area (Å²) < 4.78 is 44.6. The molecule has 7 heteroatoms. The van der Waals surface area contributed by atoms with Crippen LogP contribution in [-0.2, 0) is 22.3 Å². The second-order valence-corrected chi connectivity index (χ2v) is 7.89. The lowest BCUT2D eigenvalue weighted by atomic mass is 9.80. The molecule has 4 nitrogen and oxygen atoms in total. The highest BCUT2D eigenvalue weighted by Gasteiger charge is 2.34. The van der Waals surface area contributed by atoms with Gasteiger partial charge in [0.15, 0.2) is 0 Å². The number of ether oxygens (including phenoxy) is 1. The number of anilines is 1. The minimum atomic E-state index is -4.43. The summed E-state index contributed by atoms with van der Waals surface area (Å²) in [7, 11) is 0. The van der Waals surface area contributed by atoms with Gasteiger partial charge in [0.1, 0.15) is 0 Å². The number of nitrogens with zero attached hydrogens (tertiary/aromatic N) is 1. The fraction of sp³-hybridized carbons (Fsp3) is 0.682. The number of aliphatic hydroxyl groups excluding tert-OH is 1. The van der Waals surface area contributed by atoms with Gasteiger partial charge in [0.05, 0.1) is 18.8 Å². The number of carbonyl (C=O) groups excluding carboxylic acids is 1. The molecule has 2 rings (SSSR count). The molecule has 164 valence electrons. The third kappa shape index (κ3) is 6.36. The topological polar surface area (TPSA) is 49.8 Å². The van der Waals surface area contributed by atoms with E-state index in [-0.39, 0.29) is 11.5 Å². The van der Waals surface area contributed by atoms with Crippen molar-refractivity contribution in [2.45, 2.75) is 65.7 Å². The van der Waals surface area contributed by atoms with Crippen molar-refractivity contribution < 1.29 is 27.8 Å². The lowest BCUT2D eigenvalue weighted by molar-refractivity contribution is -0.144. The molecule has 1 N–H and O–H groups in total. The van der Waals surface area contributed by atoms with Gasteiger partial charge in [0.2, 0.25) is 0 Å². The first-order valence-corrected chi connectivity index (χ1v) is 10.4. The molecule has 1 fully saturated rings. The maximum Gasteiger partial charge on any atom is 0.416 e. The summed E-state index contributed by atoms with van der Waals surface area (Å²) in [5.41, 5.74) is 0.456. The van der Waals surface area contributed by atoms with Crippen molar-refractivity contribution in [3.05, 3.63) is 28.8 Å². The normalized spacial score (nSPS) is 19.8. The highest BCUT2D eigenvalue weighted by Crippen LogP contribution is 2.37. The van der Waals surface area contributed by atoms with Crippen LogP contribution in [0.4, 0.5) is 18.9 Å². The molecule has 1 aliphatic rings. The molecule has 0 saturated heterocycles. The molecule has 1 aromatic carbocycles. The third-order valence-electron chi connectivity index (χ3n) is 5.83. The number of aliphatic hydroxyl groups is 1. The fourth-order valence-corrected chi connectivity index (χ4v) is 4.25. The van der Waals surface area contributed by atoms with Crippen molar-refractivity contribution in [1.29, 1.82) is 0 Å². The van der Waals surface area contributed by atoms with Crippen molar-refractivity contribution in [1.82, 2.24) is 0 Å². The number of alkyl halides is 3. The monoisotopic (exact) mass is 415 g/mol. The predicted molar refractivity (Wildman–Crippen MR) is 107 cm³/mol. The van der Waals surface area contributed by atoms with Crippen molar-refractivity contribution in [2.75, 3.05) is 24.6 Å². The largest absolute Gasteiger partial charge is 0.466 e. The Bertz CT molecular complexity index is 683. The molecule has 1 saturated carbocycles. The summed E-state index contributed by atoms with van der Waals surface area (Å²) in [5, 5.41) is 9.67. The van der Waals surface area contributed by atoms with E-state index in [1.54, 1.807) is 13.0 Å². The predicted octanol–water partition coefficient (Wildman–Crippen LogP) is 5.09. The van der Waals surface area contributed by atoms with Gasteiger partial charge in [-0.15, -0.1) is 0 Å². The average Bonchev–Trinajstić information content (AvgIpc) is 2.66. The van der Waals surface area contributed by atoms with Crippen LogP contribution < -0.4 is 4.90 Å². The third-order valence-corrected chi connectivity index (χ3v) is 5.83. The number of halogens is 3. The Morgan fingerprint density at radius 2 is 1.79 bits per heavy atom. The molecular weight excluding hydrogens is 383 g/mol. The maximum absolute atomic E-state index is 13.2. The molecule has 0 radical (unpaired) electrons. The smallest absolute Gasteiger partial charge is 0.416 e. The average molecular weight is 415 g/mol. The molecule has 0 unspecified atom stereocenters. The number of esters is 1. The van der Waals surface area contributed by atoms with Crippen LogP contribution >= 0.6 is 0 Å². The summed E-state index contributed by atoms with van der Waals surface area (Å²) >= 11 is 0. The molecule has 0 aliphatic heterocycles. The number of carbonyl (C=O) groups is 1. The van der Waals surface area contributed by atoms with E-state index in [9.17, 15) is 23.1 Å². The number of hydrogen-bond acceptors (Lipinski definition) is 4. The zero-order chi connectivity index (χ0) is 21.6. The molecule has 29 heavy (non-hydrogen) atoms. The van der Waals surface area contributed by atoms with Crippen LogP contribution in [-0.4, -0.2) is 30.8 Å². The van der Waals surface area contributed by atoms with Gasteiger partial charge in [-0.1, -0.05) is 0 Å². The number of rotatable bonds is 8. The van der Waals surface area contributed by atoms with E-state index in [0.717, 1.165) is 38.3 Å². The Morgan fingerprint density at radius 3 is 2.31 bits per heavy atom. The van der Waals surface area contributed by atoms with Crippen LogP contribution in [0.2, 0.25) is 0 Å². The lowest BCUT2D eigenvalue weighted by Crippen LogP contribution is -2.32. The zero-order valence-corrected chi connectivity index (χ0v) is 17.5. The Hall–Kier alpha value is -1.76. The molecule has 1 aliphatic carbocycles. The van der Waals surface area contributed by atoms with E-state index in [2.05, 4.69) is 4.90 Å². The summed E-state index contributed by atoms with van der Waals surface area (Å²) in [5.74, 6) is 0.628. The van der Waals surface area contributed by atoms with Gasteiger partial charge in [-0.3, -0.25) is 4.79 Å². The van der Waals surface area contributed by atoms with Crippen LogP contribution in [0.25, 0.3) is 0 Å². The van der Waals surface area contributed by atoms with E-state index in [0.29, 0.717) is 42.7 Å². The zero-order valence-electron chi connectivity index (χ0n) is 17.5. The number of aryl methyl sites for hydroxylation is 1. The van der Waals surface area contributed by atoms with E-state index in [1.807, 2.05) is 6.92 Å². The molecule has 0 heterocycles. The lowest BCUT2D eigenvalue weighted by Gasteiger charge is -2.34. The minimum Gasteiger partial charge on any atom is -0.466 e. The first kappa shape index (κ1) is 23.5. The van der Waals surface area contributed by atoms with E-state index in [4.69, 9.17) is 4.74 Å². The van der Waals surface area contributed by atoms with Gasteiger partial charge in [-0.25, -0.2) is 0 Å². The Kier molecular flexibility index (Phi) is 8.37. The van der Waals surface area contributed by atoms with Gasteiger partial charge in [0.25, 0.3) is 0 Å². The highest BCUT2D eigenvalue weighted by molar-refractivity contribution is 5.69. The van der Waals surface area contributed by atoms with Gasteiger partial charge < -0.3 is 14.7 Å². The van der Waals surface area contributed by atoms with Gasteiger partial charge in [0, 0.05) is 30.8 Å². The molecule has 0 spiro atoms. The van der Waals surface area contributed by atoms with Crippen molar-refractivity contribution >= 4 is 11.7 Å². The number of benzene rings is 1. The van der Waals surface area contributed by atoms with Gasteiger partial charge in [-0.2, -0.15) is 13.2 Å². The van der Waals surface area contributed by atoms with Crippen molar-refractivity contribution in [3.63, 3.8) is 0 Å². The maximum atomic E-state index is 13.2. The molecule has 1 aromatic rings. The first-order chi connectivity index (χ1) is 13.7.